The zero-order valence-corrected chi connectivity index (χ0v) is 15.3. The quantitative estimate of drug-likeness (QED) is 0.810. The Kier molecular flexibility index (Phi) is 6.07. The van der Waals surface area contributed by atoms with Gasteiger partial charge in [-0.3, -0.25) is 4.79 Å². The van der Waals surface area contributed by atoms with Gasteiger partial charge in [0.1, 0.15) is 5.75 Å². The maximum atomic E-state index is 12.1. The summed E-state index contributed by atoms with van der Waals surface area (Å²) < 4.78 is 16.4. The number of halogens is 1. The second-order valence-electron chi connectivity index (χ2n) is 5.81. The summed E-state index contributed by atoms with van der Waals surface area (Å²) >= 11 is 6.26. The predicted molar refractivity (Wildman–Crippen MR) is 100 cm³/mol. The van der Waals surface area contributed by atoms with E-state index in [0.717, 1.165) is 17.7 Å². The number of methoxy groups -OCH3 is 1. The number of hydrogen-bond acceptors (Lipinski definition) is 5. The van der Waals surface area contributed by atoms with Crippen molar-refractivity contribution < 1.29 is 19.0 Å². The van der Waals surface area contributed by atoms with E-state index in [1.165, 1.54) is 0 Å². The second-order valence-corrected chi connectivity index (χ2v) is 6.22. The Morgan fingerprint density at radius 2 is 1.96 bits per heavy atom. The Morgan fingerprint density at radius 1 is 1.19 bits per heavy atom. The smallest absolute Gasteiger partial charge is 0.239 e. The molecule has 1 heterocycles. The molecular formula is C19H21ClN2O4. The van der Waals surface area contributed by atoms with E-state index in [9.17, 15) is 4.79 Å². The molecule has 0 bridgehead atoms. The highest BCUT2D eigenvalue weighted by Crippen LogP contribution is 2.37. The van der Waals surface area contributed by atoms with Crippen molar-refractivity contribution in [2.45, 2.75) is 13.0 Å². The first-order valence-electron chi connectivity index (χ1n) is 8.38. The molecule has 0 unspecified atom stereocenters. The number of rotatable bonds is 6. The summed E-state index contributed by atoms with van der Waals surface area (Å²) in [5, 5.41) is 6.38. The van der Waals surface area contributed by atoms with Crippen molar-refractivity contribution in [1.29, 1.82) is 0 Å². The molecule has 7 heteroatoms. The Hall–Kier alpha value is -2.60. The molecular weight excluding hydrogens is 356 g/mol. The number of ether oxygens (including phenoxy) is 3. The summed E-state index contributed by atoms with van der Waals surface area (Å²) in [7, 11) is 1.61. The molecule has 0 spiro atoms. The first kappa shape index (κ1) is 18.2. The highest BCUT2D eigenvalue weighted by molar-refractivity contribution is 6.33. The van der Waals surface area contributed by atoms with E-state index >= 15 is 0 Å². The molecule has 2 aromatic rings. The molecule has 0 saturated heterocycles. The fourth-order valence-corrected chi connectivity index (χ4v) is 2.76. The molecule has 2 N–H and O–H groups in total. The van der Waals surface area contributed by atoms with E-state index < -0.39 is 0 Å². The van der Waals surface area contributed by atoms with Crippen LogP contribution in [0.1, 0.15) is 12.0 Å². The molecule has 3 rings (SSSR count). The minimum atomic E-state index is -0.143. The van der Waals surface area contributed by atoms with Gasteiger partial charge in [-0.05, 0) is 17.7 Å². The fourth-order valence-electron chi connectivity index (χ4n) is 2.54. The lowest BCUT2D eigenvalue weighted by atomic mass is 10.2. The summed E-state index contributed by atoms with van der Waals surface area (Å²) in [6, 6.07) is 11.0. The molecule has 0 fully saturated rings. The maximum absolute atomic E-state index is 12.1. The van der Waals surface area contributed by atoms with E-state index in [-0.39, 0.29) is 12.5 Å². The van der Waals surface area contributed by atoms with Crippen LogP contribution in [0.4, 0.5) is 5.69 Å². The van der Waals surface area contributed by atoms with Gasteiger partial charge >= 0.3 is 0 Å². The summed E-state index contributed by atoms with van der Waals surface area (Å²) in [6.07, 6.45) is 0.821. The van der Waals surface area contributed by atoms with Gasteiger partial charge in [0, 0.05) is 25.1 Å². The second kappa shape index (κ2) is 8.67. The van der Waals surface area contributed by atoms with Crippen LogP contribution >= 0.6 is 11.6 Å². The average molecular weight is 377 g/mol. The molecule has 0 radical (unpaired) electrons. The normalized spacial score (nSPS) is 12.8. The summed E-state index contributed by atoms with van der Waals surface area (Å²) in [4.78, 5) is 12.1. The molecule has 6 nitrogen and oxygen atoms in total. The average Bonchev–Trinajstić information content (AvgIpc) is 2.89. The molecule has 138 valence electrons. The standard InChI is InChI=1S/C19H21ClN2O4/c1-24-14-5-2-4-13(8-14)11-22-19(23)12-21-16-10-18-17(9-15(16)20)25-6-3-7-26-18/h2,4-5,8-10,21H,3,6-7,11-12H2,1H3,(H,22,23). The number of hydrogen-bond donors (Lipinski definition) is 2. The lowest BCUT2D eigenvalue weighted by Crippen LogP contribution is -2.29. The Labute approximate surface area is 157 Å². The molecule has 2 aromatic carbocycles. The van der Waals surface area contributed by atoms with E-state index in [1.807, 2.05) is 24.3 Å². The van der Waals surface area contributed by atoms with Crippen LogP contribution in [0.15, 0.2) is 36.4 Å². The molecule has 0 atom stereocenters. The van der Waals surface area contributed by atoms with Crippen molar-refractivity contribution in [3.05, 3.63) is 47.0 Å². The van der Waals surface area contributed by atoms with Crippen LogP contribution < -0.4 is 24.8 Å². The van der Waals surface area contributed by atoms with Gasteiger partial charge in [-0.1, -0.05) is 23.7 Å². The monoisotopic (exact) mass is 376 g/mol. The number of nitrogens with one attached hydrogen (secondary N) is 2. The van der Waals surface area contributed by atoms with Crippen molar-refractivity contribution in [2.24, 2.45) is 0 Å². The largest absolute Gasteiger partial charge is 0.497 e. The van der Waals surface area contributed by atoms with Gasteiger partial charge in [-0.15, -0.1) is 0 Å². The fraction of sp³-hybridized carbons (Fsp3) is 0.316. The van der Waals surface area contributed by atoms with Crippen LogP contribution in [-0.4, -0.2) is 32.8 Å². The van der Waals surface area contributed by atoms with Gasteiger partial charge in [0.25, 0.3) is 0 Å². The highest BCUT2D eigenvalue weighted by Gasteiger charge is 2.14. The molecule has 1 aliphatic heterocycles. The Bertz CT molecular complexity index is 782. The predicted octanol–water partition coefficient (Wildman–Crippen LogP) is 3.24. The highest BCUT2D eigenvalue weighted by atomic mass is 35.5. The molecule has 1 aliphatic rings. The van der Waals surface area contributed by atoms with Crippen LogP contribution in [0.25, 0.3) is 0 Å². The van der Waals surface area contributed by atoms with Crippen molar-refractivity contribution in [2.75, 3.05) is 32.2 Å². The van der Waals surface area contributed by atoms with Gasteiger partial charge in [-0.2, -0.15) is 0 Å². The third-order valence-electron chi connectivity index (χ3n) is 3.90. The number of benzene rings is 2. The van der Waals surface area contributed by atoms with Gasteiger partial charge < -0.3 is 24.8 Å². The number of carbonyl (C=O) groups is 1. The van der Waals surface area contributed by atoms with E-state index in [4.69, 9.17) is 25.8 Å². The first-order chi connectivity index (χ1) is 12.7. The molecule has 1 amide bonds. The minimum absolute atomic E-state index is 0.101. The lowest BCUT2D eigenvalue weighted by Gasteiger charge is -2.13. The number of fused-ring (bicyclic) bond motifs is 1. The summed E-state index contributed by atoms with van der Waals surface area (Å²) in [6.45, 7) is 1.72. The zero-order chi connectivity index (χ0) is 18.4. The van der Waals surface area contributed by atoms with Gasteiger partial charge in [-0.25, -0.2) is 0 Å². The topological polar surface area (TPSA) is 68.8 Å². The van der Waals surface area contributed by atoms with Gasteiger partial charge in [0.15, 0.2) is 11.5 Å². The van der Waals surface area contributed by atoms with E-state index in [2.05, 4.69) is 10.6 Å². The SMILES string of the molecule is COc1cccc(CNC(=O)CNc2cc3c(cc2Cl)OCCCO3)c1. The van der Waals surface area contributed by atoms with Crippen molar-refractivity contribution in [3.8, 4) is 17.2 Å². The van der Waals surface area contributed by atoms with Crippen LogP contribution in [0, 0.1) is 0 Å². The molecule has 26 heavy (non-hydrogen) atoms. The zero-order valence-electron chi connectivity index (χ0n) is 14.5. The maximum Gasteiger partial charge on any atom is 0.239 e. The third kappa shape index (κ3) is 4.73. The minimum Gasteiger partial charge on any atom is -0.497 e. The number of anilines is 1. The van der Waals surface area contributed by atoms with Crippen LogP contribution in [-0.2, 0) is 11.3 Å². The first-order valence-corrected chi connectivity index (χ1v) is 8.76. The van der Waals surface area contributed by atoms with Crippen LogP contribution in [0.5, 0.6) is 17.2 Å². The van der Waals surface area contributed by atoms with E-state index in [1.54, 1.807) is 19.2 Å². The van der Waals surface area contributed by atoms with Gasteiger partial charge in [0.2, 0.25) is 5.91 Å². The Morgan fingerprint density at radius 3 is 2.73 bits per heavy atom. The number of amides is 1. The molecule has 0 aliphatic carbocycles. The van der Waals surface area contributed by atoms with E-state index in [0.29, 0.717) is 42.0 Å². The summed E-state index contributed by atoms with van der Waals surface area (Å²) in [5.74, 6) is 1.87. The Balaban J connectivity index is 1.55. The van der Waals surface area contributed by atoms with Crippen LogP contribution in [0.3, 0.4) is 0 Å². The molecule has 0 aromatic heterocycles. The van der Waals surface area contributed by atoms with Crippen molar-refractivity contribution in [1.82, 2.24) is 5.32 Å². The molecule has 0 saturated carbocycles. The summed E-state index contributed by atoms with van der Waals surface area (Å²) in [5.41, 5.74) is 1.60. The van der Waals surface area contributed by atoms with Crippen molar-refractivity contribution >= 4 is 23.2 Å². The number of carbonyl (C=O) groups excluding carboxylic acids is 1. The van der Waals surface area contributed by atoms with Crippen LogP contribution in [0.2, 0.25) is 5.02 Å². The van der Waals surface area contributed by atoms with Crippen molar-refractivity contribution in [3.63, 3.8) is 0 Å². The third-order valence-corrected chi connectivity index (χ3v) is 4.21. The lowest BCUT2D eigenvalue weighted by molar-refractivity contribution is -0.119. The van der Waals surface area contributed by atoms with Gasteiger partial charge in [0.05, 0.1) is 37.6 Å².